The number of aromatic nitrogens is 1. The molecule has 15 nitrogen and oxygen atoms in total. The van der Waals surface area contributed by atoms with Crippen LogP contribution in [0, 0.1) is 0 Å². The monoisotopic (exact) mass is 853 g/mol. The van der Waals surface area contributed by atoms with Crippen LogP contribution < -0.4 is 28.4 Å². The van der Waals surface area contributed by atoms with E-state index in [1.54, 1.807) is 56.7 Å². The molecule has 1 aromatic heterocycles. The number of amides is 2. The Morgan fingerprint density at radius 1 is 0.403 bits per heavy atom. The lowest BCUT2D eigenvalue weighted by Crippen LogP contribution is -2.31. The molecule has 0 N–H and O–H groups in total. The first-order chi connectivity index (χ1) is 30.3. The van der Waals surface area contributed by atoms with Crippen LogP contribution in [0.5, 0.6) is 34.5 Å². The fraction of sp³-hybridized carbons (Fsp3) is 0.340. The highest BCUT2D eigenvalue weighted by Gasteiger charge is 2.18. The molecule has 5 rings (SSSR count). The Bertz CT molecular complexity index is 1810. The molecular weight excluding hydrogens is 799 g/mol. The molecule has 0 bridgehead atoms. The molecule has 0 radical (unpaired) electrons. The van der Waals surface area contributed by atoms with Crippen LogP contribution in [0.15, 0.2) is 116 Å². The molecular formula is C47H55N3O12. The average Bonchev–Trinajstić information content (AvgIpc) is 3.31. The van der Waals surface area contributed by atoms with Crippen molar-refractivity contribution < 1.29 is 57.0 Å². The van der Waals surface area contributed by atoms with E-state index >= 15 is 0 Å². The van der Waals surface area contributed by atoms with Gasteiger partial charge in [-0.3, -0.25) is 14.8 Å². The second kappa shape index (κ2) is 25.8. The average molecular weight is 854 g/mol. The Labute approximate surface area is 362 Å². The number of nitrogens with zero attached hydrogens (tertiary/aromatic N) is 3. The molecule has 62 heavy (non-hydrogen) atoms. The minimum atomic E-state index is -0.460. The van der Waals surface area contributed by atoms with Crippen molar-refractivity contribution in [3.63, 3.8) is 0 Å². The van der Waals surface area contributed by atoms with Gasteiger partial charge in [0.25, 0.3) is 0 Å². The molecule has 0 atom stereocenters. The fourth-order valence-electron chi connectivity index (χ4n) is 5.93. The summed E-state index contributed by atoms with van der Waals surface area (Å²) in [6, 6.07) is 31.9. The summed E-state index contributed by atoms with van der Waals surface area (Å²) in [7, 11) is 6.44. The molecule has 4 aromatic carbocycles. The van der Waals surface area contributed by atoms with Crippen molar-refractivity contribution in [1.29, 1.82) is 0 Å². The summed E-state index contributed by atoms with van der Waals surface area (Å²) in [6.07, 6.45) is 2.23. The smallest absolute Gasteiger partial charge is 0.410 e. The topological polar surface area (TPSA) is 146 Å². The van der Waals surface area contributed by atoms with Gasteiger partial charge in [0.2, 0.25) is 0 Å². The largest absolute Gasteiger partial charge is 0.497 e. The standard InChI is InChI=1S/C47H55N3O12/c1-53-40-13-5-36(6-14-40)32-49(33-37-7-15-41(54-2)16-8-37)46(51)61-27-23-57-21-25-59-44-29-45(31-48-30-44)60-26-22-58-24-28-62-47(52)50(34-38-9-17-42(55-3)18-10-38)35-39-11-19-43(56-4)20-12-39/h5-20,29-31H,21-28,32-35H2,1-4H3. The van der Waals surface area contributed by atoms with Crippen LogP contribution in [0.25, 0.3) is 0 Å². The highest BCUT2D eigenvalue weighted by molar-refractivity contribution is 5.68. The van der Waals surface area contributed by atoms with Crippen molar-refractivity contribution in [2.24, 2.45) is 0 Å². The maximum atomic E-state index is 13.1. The number of methoxy groups -OCH3 is 4. The first kappa shape index (κ1) is 46.4. The Hall–Kier alpha value is -6.71. The molecule has 15 heteroatoms. The van der Waals surface area contributed by atoms with Crippen molar-refractivity contribution in [2.75, 3.05) is 81.3 Å². The van der Waals surface area contributed by atoms with Crippen LogP contribution in [0.3, 0.4) is 0 Å². The van der Waals surface area contributed by atoms with Gasteiger partial charge in [-0.1, -0.05) is 48.5 Å². The number of rotatable bonds is 26. The Morgan fingerprint density at radius 2 is 0.694 bits per heavy atom. The van der Waals surface area contributed by atoms with Gasteiger partial charge in [-0.15, -0.1) is 0 Å². The number of pyridine rings is 1. The first-order valence-corrected chi connectivity index (χ1v) is 20.1. The van der Waals surface area contributed by atoms with E-state index in [2.05, 4.69) is 4.98 Å². The normalized spacial score (nSPS) is 10.6. The van der Waals surface area contributed by atoms with Gasteiger partial charge in [-0.2, -0.15) is 0 Å². The summed E-state index contributed by atoms with van der Waals surface area (Å²) < 4.78 is 55.0. The van der Waals surface area contributed by atoms with Crippen molar-refractivity contribution in [1.82, 2.24) is 14.8 Å². The summed E-state index contributed by atoms with van der Waals surface area (Å²) in [5, 5.41) is 0. The Balaban J connectivity index is 0.958. The SMILES string of the molecule is COc1ccc(CN(Cc2ccc(OC)cc2)C(=O)OCCOCCOc2cncc(OCCOCCOC(=O)N(Cc3ccc(OC)cc3)Cc3ccc(OC)cc3)c2)cc1. The molecule has 5 aromatic rings. The van der Waals surface area contributed by atoms with E-state index < -0.39 is 12.2 Å². The zero-order valence-corrected chi connectivity index (χ0v) is 35.7. The lowest BCUT2D eigenvalue weighted by atomic mass is 10.1. The highest BCUT2D eigenvalue weighted by atomic mass is 16.6. The van der Waals surface area contributed by atoms with Crippen LogP contribution in [0.4, 0.5) is 9.59 Å². The quantitative estimate of drug-likeness (QED) is 0.0504. The molecule has 0 aliphatic rings. The summed E-state index contributed by atoms with van der Waals surface area (Å²) in [5.74, 6) is 3.96. The van der Waals surface area contributed by atoms with Crippen LogP contribution in [-0.4, -0.2) is 108 Å². The number of benzene rings is 4. The van der Waals surface area contributed by atoms with Crippen LogP contribution in [0.1, 0.15) is 22.3 Å². The third-order valence-electron chi connectivity index (χ3n) is 9.23. The third kappa shape index (κ3) is 16.0. The van der Waals surface area contributed by atoms with Gasteiger partial charge in [0, 0.05) is 32.2 Å². The molecule has 0 saturated heterocycles. The fourth-order valence-corrected chi connectivity index (χ4v) is 5.93. The van der Waals surface area contributed by atoms with Crippen molar-refractivity contribution in [3.05, 3.63) is 138 Å². The molecule has 1 heterocycles. The van der Waals surface area contributed by atoms with E-state index in [0.29, 0.717) is 37.7 Å². The molecule has 0 unspecified atom stereocenters. The molecule has 0 saturated carbocycles. The second-order valence-corrected chi connectivity index (χ2v) is 13.6. The van der Waals surface area contributed by atoms with E-state index in [-0.39, 0.29) is 52.9 Å². The summed E-state index contributed by atoms with van der Waals surface area (Å²) >= 11 is 0. The number of carbonyl (C=O) groups is 2. The van der Waals surface area contributed by atoms with Crippen LogP contribution in [-0.2, 0) is 45.1 Å². The van der Waals surface area contributed by atoms with Gasteiger partial charge in [0.05, 0.1) is 67.3 Å². The van der Waals surface area contributed by atoms with Crippen LogP contribution >= 0.6 is 0 Å². The number of hydrogen-bond donors (Lipinski definition) is 0. The lowest BCUT2D eigenvalue weighted by Gasteiger charge is -2.23. The van der Waals surface area contributed by atoms with E-state index in [0.717, 1.165) is 45.3 Å². The van der Waals surface area contributed by atoms with Gasteiger partial charge in [-0.05, 0) is 70.8 Å². The first-order valence-electron chi connectivity index (χ1n) is 20.1. The predicted octanol–water partition coefficient (Wildman–Crippen LogP) is 7.58. The maximum Gasteiger partial charge on any atom is 0.410 e. The maximum absolute atomic E-state index is 13.1. The van der Waals surface area contributed by atoms with Crippen LogP contribution in [0.2, 0.25) is 0 Å². The minimum absolute atomic E-state index is 0.0730. The van der Waals surface area contributed by atoms with E-state index in [1.807, 2.05) is 97.1 Å². The van der Waals surface area contributed by atoms with E-state index in [4.69, 9.17) is 47.4 Å². The number of hydrogen-bond acceptors (Lipinski definition) is 13. The zero-order valence-electron chi connectivity index (χ0n) is 35.7. The van der Waals surface area contributed by atoms with Gasteiger partial charge in [-0.25, -0.2) is 9.59 Å². The van der Waals surface area contributed by atoms with Gasteiger partial charge in [0.1, 0.15) is 60.9 Å². The second-order valence-electron chi connectivity index (χ2n) is 13.6. The zero-order chi connectivity index (χ0) is 43.8. The van der Waals surface area contributed by atoms with Gasteiger partial charge >= 0.3 is 12.2 Å². The molecule has 0 aliphatic carbocycles. The lowest BCUT2D eigenvalue weighted by molar-refractivity contribution is 0.0420. The van der Waals surface area contributed by atoms with E-state index in [1.165, 1.54) is 0 Å². The predicted molar refractivity (Wildman–Crippen MR) is 230 cm³/mol. The van der Waals surface area contributed by atoms with Crippen molar-refractivity contribution in [3.8, 4) is 34.5 Å². The molecule has 2 amide bonds. The molecule has 0 spiro atoms. The van der Waals surface area contributed by atoms with E-state index in [9.17, 15) is 9.59 Å². The summed E-state index contributed by atoms with van der Waals surface area (Å²) in [5.41, 5.74) is 3.74. The number of ether oxygens (including phenoxy) is 10. The summed E-state index contributed by atoms with van der Waals surface area (Å²) in [4.78, 5) is 33.7. The third-order valence-corrected chi connectivity index (χ3v) is 9.23. The minimum Gasteiger partial charge on any atom is -0.497 e. The molecule has 330 valence electrons. The number of carbonyl (C=O) groups excluding carboxylic acids is 2. The van der Waals surface area contributed by atoms with Gasteiger partial charge in [0.15, 0.2) is 0 Å². The summed E-state index contributed by atoms with van der Waals surface area (Å²) in [6.45, 7) is 2.97. The van der Waals surface area contributed by atoms with Crippen molar-refractivity contribution in [2.45, 2.75) is 26.2 Å². The highest BCUT2D eigenvalue weighted by Crippen LogP contribution is 2.21. The van der Waals surface area contributed by atoms with Crippen molar-refractivity contribution >= 4 is 12.2 Å². The Morgan fingerprint density at radius 3 is 0.984 bits per heavy atom. The molecule has 0 fully saturated rings. The van der Waals surface area contributed by atoms with Gasteiger partial charge < -0.3 is 47.4 Å². The molecule has 0 aliphatic heterocycles. The Kier molecular flexibility index (Phi) is 19.3.